The predicted octanol–water partition coefficient (Wildman–Crippen LogP) is 5.42. The molecule has 1 heterocycles. The Morgan fingerprint density at radius 1 is 1.12 bits per heavy atom. The molecule has 5 nitrogen and oxygen atoms in total. The smallest absolute Gasteiger partial charge is 0.416 e. The Hall–Kier alpha value is -2.90. The van der Waals surface area contributed by atoms with Crippen LogP contribution in [0.2, 0.25) is 0 Å². The van der Waals surface area contributed by atoms with E-state index in [-0.39, 0.29) is 18.3 Å². The number of halogens is 3. The monoisotopic (exact) mass is 451 g/mol. The van der Waals surface area contributed by atoms with Crippen molar-refractivity contribution < 1.29 is 32.2 Å². The number of hydrogen-bond acceptors (Lipinski definition) is 4. The molecule has 0 N–H and O–H groups in total. The molecule has 0 aliphatic carbocycles. The van der Waals surface area contributed by atoms with E-state index in [1.807, 2.05) is 19.1 Å². The van der Waals surface area contributed by atoms with Gasteiger partial charge in [-0.05, 0) is 54.3 Å². The summed E-state index contributed by atoms with van der Waals surface area (Å²) in [6.07, 6.45) is -1.72. The van der Waals surface area contributed by atoms with Crippen LogP contribution in [-0.4, -0.2) is 38.2 Å². The Morgan fingerprint density at radius 2 is 1.84 bits per heavy atom. The number of unbranched alkanes of at least 4 members (excludes halogenated alkanes) is 1. The first kappa shape index (κ1) is 23.8. The molecule has 1 aliphatic rings. The Balaban J connectivity index is 1.92. The van der Waals surface area contributed by atoms with Gasteiger partial charge in [0.2, 0.25) is 5.91 Å². The number of alkyl halides is 3. The molecule has 8 heteroatoms. The number of rotatable bonds is 8. The minimum absolute atomic E-state index is 0.00456. The second-order valence-electron chi connectivity index (χ2n) is 7.70. The first-order chi connectivity index (χ1) is 15.3. The lowest BCUT2D eigenvalue weighted by atomic mass is 9.91. The molecule has 32 heavy (non-hydrogen) atoms. The topological polar surface area (TPSA) is 48.0 Å². The molecule has 2 aromatic carbocycles. The highest BCUT2D eigenvalue weighted by molar-refractivity contribution is 5.77. The fourth-order valence-electron chi connectivity index (χ4n) is 3.92. The minimum atomic E-state index is -4.46. The largest absolute Gasteiger partial charge is 0.493 e. The van der Waals surface area contributed by atoms with Crippen molar-refractivity contribution in [2.24, 2.45) is 0 Å². The summed E-state index contributed by atoms with van der Waals surface area (Å²) in [4.78, 5) is 14.7. The van der Waals surface area contributed by atoms with Gasteiger partial charge in [-0.25, -0.2) is 0 Å². The summed E-state index contributed by atoms with van der Waals surface area (Å²) in [5, 5.41) is 0. The number of carbonyl (C=O) groups excluding carboxylic acids is 1. The molecule has 0 bridgehead atoms. The lowest BCUT2D eigenvalue weighted by molar-refractivity contribution is -0.137. The van der Waals surface area contributed by atoms with Gasteiger partial charge in [-0.3, -0.25) is 4.79 Å². The molecule has 0 saturated carbocycles. The van der Waals surface area contributed by atoms with Crippen molar-refractivity contribution in [1.29, 1.82) is 0 Å². The van der Waals surface area contributed by atoms with Crippen LogP contribution in [0.3, 0.4) is 0 Å². The molecule has 0 aromatic heterocycles. The number of hydrogen-bond donors (Lipinski definition) is 0. The van der Waals surface area contributed by atoms with E-state index in [4.69, 9.17) is 14.2 Å². The normalized spacial score (nSPS) is 15.8. The summed E-state index contributed by atoms with van der Waals surface area (Å²) in [7, 11) is 3.09. The van der Waals surface area contributed by atoms with E-state index in [1.54, 1.807) is 12.0 Å². The van der Waals surface area contributed by atoms with E-state index in [1.165, 1.54) is 19.2 Å². The highest BCUT2D eigenvalue weighted by Gasteiger charge is 2.33. The molecule has 1 aliphatic heterocycles. The van der Waals surface area contributed by atoms with Gasteiger partial charge in [-0.15, -0.1) is 0 Å². The number of methoxy groups -OCH3 is 2. The Labute approximate surface area is 186 Å². The van der Waals surface area contributed by atoms with Gasteiger partial charge in [0.1, 0.15) is 12.4 Å². The average Bonchev–Trinajstić information content (AvgIpc) is 2.79. The first-order valence-corrected chi connectivity index (χ1v) is 10.6. The number of amides is 1. The summed E-state index contributed by atoms with van der Waals surface area (Å²) in [6, 6.07) is 8.04. The highest BCUT2D eigenvalue weighted by atomic mass is 19.4. The van der Waals surface area contributed by atoms with Crippen molar-refractivity contribution in [3.8, 4) is 17.2 Å². The van der Waals surface area contributed by atoms with Gasteiger partial charge in [0.15, 0.2) is 11.5 Å². The summed E-state index contributed by atoms with van der Waals surface area (Å²) < 4.78 is 55.8. The van der Waals surface area contributed by atoms with Crippen LogP contribution in [0.15, 0.2) is 36.4 Å². The van der Waals surface area contributed by atoms with E-state index in [0.29, 0.717) is 30.9 Å². The number of fused-ring (bicyclic) bond motifs is 1. The molecular weight excluding hydrogens is 423 g/mol. The van der Waals surface area contributed by atoms with Crippen molar-refractivity contribution in [2.75, 3.05) is 27.4 Å². The first-order valence-electron chi connectivity index (χ1n) is 10.6. The van der Waals surface area contributed by atoms with E-state index in [9.17, 15) is 18.0 Å². The van der Waals surface area contributed by atoms with Crippen LogP contribution in [-0.2, 0) is 17.4 Å². The summed E-state index contributed by atoms with van der Waals surface area (Å²) in [5.74, 6) is 1.23. The van der Waals surface area contributed by atoms with Crippen molar-refractivity contribution in [1.82, 2.24) is 4.90 Å². The zero-order valence-corrected chi connectivity index (χ0v) is 18.5. The number of ether oxygens (including phenoxy) is 3. The maximum absolute atomic E-state index is 13.1. The fourth-order valence-corrected chi connectivity index (χ4v) is 3.92. The molecule has 0 unspecified atom stereocenters. The summed E-state index contributed by atoms with van der Waals surface area (Å²) >= 11 is 0. The zero-order valence-electron chi connectivity index (χ0n) is 18.5. The fraction of sp³-hybridized carbons (Fsp3) is 0.458. The Kier molecular flexibility index (Phi) is 7.53. The Bertz CT molecular complexity index is 945. The van der Waals surface area contributed by atoms with Gasteiger partial charge in [0, 0.05) is 13.0 Å². The molecule has 3 rings (SSSR count). The van der Waals surface area contributed by atoms with Crippen LogP contribution >= 0.6 is 0 Å². The van der Waals surface area contributed by atoms with E-state index in [2.05, 4.69) is 0 Å². The van der Waals surface area contributed by atoms with Crippen LogP contribution in [0.4, 0.5) is 13.2 Å². The third kappa shape index (κ3) is 5.29. The van der Waals surface area contributed by atoms with Gasteiger partial charge in [0.05, 0.1) is 25.8 Å². The molecule has 0 spiro atoms. The molecular formula is C24H28F3NO4. The second kappa shape index (κ2) is 10.1. The van der Waals surface area contributed by atoms with Crippen LogP contribution < -0.4 is 14.2 Å². The van der Waals surface area contributed by atoms with Crippen LogP contribution in [0.1, 0.15) is 48.9 Å². The minimum Gasteiger partial charge on any atom is -0.493 e. The quantitative estimate of drug-likeness (QED) is 0.538. The maximum Gasteiger partial charge on any atom is 0.416 e. The van der Waals surface area contributed by atoms with E-state index >= 15 is 0 Å². The number of carbonyl (C=O) groups is 1. The SMILES string of the molecule is CCCCC(=O)N1CCc2cc(OC)c(OC)cc2[C@@H]1COc1cccc(C(F)(F)F)c1. The van der Waals surface area contributed by atoms with Crippen molar-refractivity contribution >= 4 is 5.91 Å². The van der Waals surface area contributed by atoms with Crippen LogP contribution in [0, 0.1) is 0 Å². The van der Waals surface area contributed by atoms with Gasteiger partial charge in [-0.2, -0.15) is 13.2 Å². The second-order valence-corrected chi connectivity index (χ2v) is 7.70. The van der Waals surface area contributed by atoms with Gasteiger partial charge >= 0.3 is 6.18 Å². The third-order valence-electron chi connectivity index (χ3n) is 5.64. The van der Waals surface area contributed by atoms with E-state index < -0.39 is 17.8 Å². The lowest BCUT2D eigenvalue weighted by Gasteiger charge is -2.37. The maximum atomic E-state index is 13.1. The Morgan fingerprint density at radius 3 is 2.50 bits per heavy atom. The van der Waals surface area contributed by atoms with Crippen molar-refractivity contribution in [3.63, 3.8) is 0 Å². The molecule has 0 fully saturated rings. The molecule has 174 valence electrons. The number of benzene rings is 2. The average molecular weight is 451 g/mol. The predicted molar refractivity (Wildman–Crippen MR) is 114 cm³/mol. The molecule has 0 radical (unpaired) electrons. The van der Waals surface area contributed by atoms with Crippen LogP contribution in [0.5, 0.6) is 17.2 Å². The summed E-state index contributed by atoms with van der Waals surface area (Å²) in [5.41, 5.74) is 1.08. The van der Waals surface area contributed by atoms with Gasteiger partial charge < -0.3 is 19.1 Å². The molecule has 1 amide bonds. The van der Waals surface area contributed by atoms with E-state index in [0.717, 1.165) is 36.1 Å². The highest BCUT2D eigenvalue weighted by Crippen LogP contribution is 2.39. The third-order valence-corrected chi connectivity index (χ3v) is 5.64. The standard InChI is InChI=1S/C24H28F3NO4/c1-4-5-9-23(29)28-11-10-16-12-21(30-2)22(31-3)14-19(16)20(28)15-32-18-8-6-7-17(13-18)24(25,26)27/h6-8,12-14,20H,4-5,9-11,15H2,1-3H3/t20-/m0/s1. The lowest BCUT2D eigenvalue weighted by Crippen LogP contribution is -2.42. The zero-order chi connectivity index (χ0) is 23.3. The molecule has 1 atom stereocenters. The molecule has 0 saturated heterocycles. The van der Waals surface area contributed by atoms with Crippen molar-refractivity contribution in [3.05, 3.63) is 53.1 Å². The molecule has 2 aromatic rings. The van der Waals surface area contributed by atoms with Gasteiger partial charge in [-0.1, -0.05) is 19.4 Å². The van der Waals surface area contributed by atoms with Crippen LogP contribution in [0.25, 0.3) is 0 Å². The summed E-state index contributed by atoms with van der Waals surface area (Å²) in [6.45, 7) is 2.55. The van der Waals surface area contributed by atoms with Gasteiger partial charge in [0.25, 0.3) is 0 Å². The number of nitrogens with zero attached hydrogens (tertiary/aromatic N) is 1. The van der Waals surface area contributed by atoms with Crippen molar-refractivity contribution in [2.45, 2.75) is 44.8 Å².